The molecule has 4 nitrogen and oxygen atoms in total. The molecular formula is C13H23N3O. The van der Waals surface area contributed by atoms with Crippen LogP contribution in [-0.4, -0.2) is 35.1 Å². The zero-order chi connectivity index (χ0) is 12.4. The number of nitrogens with zero attached hydrogens (tertiary/aromatic N) is 2. The summed E-state index contributed by atoms with van der Waals surface area (Å²) in [6, 6.07) is 1.11. The van der Waals surface area contributed by atoms with Crippen molar-refractivity contribution in [1.29, 1.82) is 0 Å². The largest absolute Gasteiger partial charge is 0.445 e. The second-order valence-electron chi connectivity index (χ2n) is 5.40. The maximum Gasteiger partial charge on any atom is 0.208 e. The van der Waals surface area contributed by atoms with Crippen LogP contribution >= 0.6 is 0 Å². The van der Waals surface area contributed by atoms with Crippen LogP contribution in [0.25, 0.3) is 0 Å². The third-order valence-corrected chi connectivity index (χ3v) is 3.54. The summed E-state index contributed by atoms with van der Waals surface area (Å²) in [5.74, 6) is 2.39. The number of aromatic nitrogens is 1. The van der Waals surface area contributed by atoms with Crippen LogP contribution in [0.5, 0.6) is 0 Å². The normalized spacial score (nSPS) is 26.6. The standard InChI is InChI=1S/C13H23N3O/c1-9(2)12-7-16(10(3)5-14-12)8-13-15-6-11(4)17-13/h6,9-10,12,14H,5,7-8H2,1-4H3. The maximum absolute atomic E-state index is 5.56. The van der Waals surface area contributed by atoms with Crippen LogP contribution in [-0.2, 0) is 6.54 Å². The van der Waals surface area contributed by atoms with Crippen molar-refractivity contribution in [3.8, 4) is 0 Å². The van der Waals surface area contributed by atoms with E-state index in [0.29, 0.717) is 18.0 Å². The van der Waals surface area contributed by atoms with Crippen molar-refractivity contribution in [3.05, 3.63) is 17.8 Å². The average Bonchev–Trinajstić information content (AvgIpc) is 2.67. The van der Waals surface area contributed by atoms with E-state index in [1.165, 1.54) is 0 Å². The van der Waals surface area contributed by atoms with E-state index < -0.39 is 0 Å². The van der Waals surface area contributed by atoms with Gasteiger partial charge in [0.2, 0.25) is 5.89 Å². The van der Waals surface area contributed by atoms with Crippen molar-refractivity contribution in [2.75, 3.05) is 13.1 Å². The summed E-state index contributed by atoms with van der Waals surface area (Å²) in [6.45, 7) is 11.7. The molecule has 0 aromatic carbocycles. The molecule has 2 heterocycles. The van der Waals surface area contributed by atoms with E-state index in [1.807, 2.05) is 6.92 Å². The smallest absolute Gasteiger partial charge is 0.208 e. The van der Waals surface area contributed by atoms with Gasteiger partial charge in [-0.1, -0.05) is 13.8 Å². The second-order valence-corrected chi connectivity index (χ2v) is 5.40. The van der Waals surface area contributed by atoms with Crippen LogP contribution < -0.4 is 5.32 Å². The molecule has 1 saturated heterocycles. The Hall–Kier alpha value is -0.870. The van der Waals surface area contributed by atoms with Gasteiger partial charge in [0.05, 0.1) is 12.7 Å². The molecule has 1 N–H and O–H groups in total. The Labute approximate surface area is 103 Å². The summed E-state index contributed by atoms with van der Waals surface area (Å²) in [7, 11) is 0. The van der Waals surface area contributed by atoms with Crippen LogP contribution in [0.4, 0.5) is 0 Å². The molecule has 2 unspecified atom stereocenters. The molecule has 2 rings (SSSR count). The lowest BCUT2D eigenvalue weighted by atomic mass is 10.00. The van der Waals surface area contributed by atoms with Crippen LogP contribution in [0.1, 0.15) is 32.4 Å². The van der Waals surface area contributed by atoms with Gasteiger partial charge >= 0.3 is 0 Å². The minimum Gasteiger partial charge on any atom is -0.445 e. The highest BCUT2D eigenvalue weighted by Crippen LogP contribution is 2.15. The van der Waals surface area contributed by atoms with Gasteiger partial charge in [0.1, 0.15) is 5.76 Å². The lowest BCUT2D eigenvalue weighted by Crippen LogP contribution is -2.56. The highest BCUT2D eigenvalue weighted by atomic mass is 16.4. The van der Waals surface area contributed by atoms with Crippen molar-refractivity contribution in [3.63, 3.8) is 0 Å². The minimum atomic E-state index is 0.539. The molecule has 0 saturated carbocycles. The fourth-order valence-corrected chi connectivity index (χ4v) is 2.26. The molecule has 2 atom stereocenters. The number of piperazine rings is 1. The van der Waals surface area contributed by atoms with Crippen LogP contribution in [0.2, 0.25) is 0 Å². The van der Waals surface area contributed by atoms with Gasteiger partial charge in [0.25, 0.3) is 0 Å². The van der Waals surface area contributed by atoms with Gasteiger partial charge in [-0.25, -0.2) is 4.98 Å². The van der Waals surface area contributed by atoms with Gasteiger partial charge < -0.3 is 9.73 Å². The van der Waals surface area contributed by atoms with E-state index in [0.717, 1.165) is 31.3 Å². The van der Waals surface area contributed by atoms with Crippen LogP contribution in [0.3, 0.4) is 0 Å². The zero-order valence-corrected chi connectivity index (χ0v) is 11.2. The molecule has 96 valence electrons. The third-order valence-electron chi connectivity index (χ3n) is 3.54. The van der Waals surface area contributed by atoms with Crippen molar-refractivity contribution in [2.45, 2.75) is 46.3 Å². The quantitative estimate of drug-likeness (QED) is 0.870. The van der Waals surface area contributed by atoms with Gasteiger partial charge in [0.15, 0.2) is 0 Å². The fraction of sp³-hybridized carbons (Fsp3) is 0.769. The first-order valence-electron chi connectivity index (χ1n) is 6.45. The number of rotatable bonds is 3. The Morgan fingerprint density at radius 1 is 1.59 bits per heavy atom. The van der Waals surface area contributed by atoms with E-state index in [-0.39, 0.29) is 0 Å². The summed E-state index contributed by atoms with van der Waals surface area (Å²) in [5.41, 5.74) is 0. The highest BCUT2D eigenvalue weighted by Gasteiger charge is 2.27. The van der Waals surface area contributed by atoms with Crippen LogP contribution in [0, 0.1) is 12.8 Å². The first-order chi connectivity index (χ1) is 8.06. The number of hydrogen-bond acceptors (Lipinski definition) is 4. The van der Waals surface area contributed by atoms with Crippen molar-refractivity contribution < 1.29 is 4.42 Å². The Bertz CT molecular complexity index is 361. The summed E-state index contributed by atoms with van der Waals surface area (Å²) in [5, 5.41) is 3.60. The minimum absolute atomic E-state index is 0.539. The Morgan fingerprint density at radius 2 is 2.35 bits per heavy atom. The number of hydrogen-bond donors (Lipinski definition) is 1. The SMILES string of the molecule is Cc1cnc(CN2CC(C(C)C)NCC2C)o1. The molecule has 1 aliphatic heterocycles. The Balaban J connectivity index is 1.98. The molecule has 17 heavy (non-hydrogen) atoms. The molecule has 1 aromatic rings. The first-order valence-corrected chi connectivity index (χ1v) is 6.45. The summed E-state index contributed by atoms with van der Waals surface area (Å²) < 4.78 is 5.56. The van der Waals surface area contributed by atoms with E-state index in [2.05, 4.69) is 36.0 Å². The summed E-state index contributed by atoms with van der Waals surface area (Å²) in [6.07, 6.45) is 1.79. The van der Waals surface area contributed by atoms with Crippen molar-refractivity contribution in [1.82, 2.24) is 15.2 Å². The number of nitrogens with one attached hydrogen (secondary N) is 1. The van der Waals surface area contributed by atoms with Gasteiger partial charge in [-0.3, -0.25) is 4.90 Å². The Kier molecular flexibility index (Phi) is 3.84. The molecule has 0 aliphatic carbocycles. The van der Waals surface area contributed by atoms with Crippen molar-refractivity contribution >= 4 is 0 Å². The Morgan fingerprint density at radius 3 is 2.94 bits per heavy atom. The average molecular weight is 237 g/mol. The van der Waals surface area contributed by atoms with E-state index in [4.69, 9.17) is 4.42 Å². The topological polar surface area (TPSA) is 41.3 Å². The molecule has 0 bridgehead atoms. The predicted molar refractivity (Wildman–Crippen MR) is 67.7 cm³/mol. The summed E-state index contributed by atoms with van der Waals surface area (Å²) >= 11 is 0. The number of aryl methyl sites for hydroxylation is 1. The highest BCUT2D eigenvalue weighted by molar-refractivity contribution is 4.93. The van der Waals surface area contributed by atoms with E-state index in [1.54, 1.807) is 6.20 Å². The van der Waals surface area contributed by atoms with Gasteiger partial charge in [-0.15, -0.1) is 0 Å². The van der Waals surface area contributed by atoms with Crippen molar-refractivity contribution in [2.24, 2.45) is 5.92 Å². The molecular weight excluding hydrogens is 214 g/mol. The summed E-state index contributed by atoms with van der Waals surface area (Å²) in [4.78, 5) is 6.74. The number of oxazole rings is 1. The zero-order valence-electron chi connectivity index (χ0n) is 11.2. The first kappa shape index (κ1) is 12.6. The lowest BCUT2D eigenvalue weighted by molar-refractivity contribution is 0.106. The molecule has 4 heteroatoms. The van der Waals surface area contributed by atoms with Gasteiger partial charge in [-0.05, 0) is 19.8 Å². The van der Waals surface area contributed by atoms with E-state index >= 15 is 0 Å². The third kappa shape index (κ3) is 3.07. The fourth-order valence-electron chi connectivity index (χ4n) is 2.26. The van der Waals surface area contributed by atoms with Gasteiger partial charge in [0, 0.05) is 25.2 Å². The lowest BCUT2D eigenvalue weighted by Gasteiger charge is -2.39. The molecule has 1 aromatic heterocycles. The second kappa shape index (κ2) is 5.19. The van der Waals surface area contributed by atoms with E-state index in [9.17, 15) is 0 Å². The maximum atomic E-state index is 5.56. The molecule has 1 aliphatic rings. The molecule has 1 fully saturated rings. The van der Waals surface area contributed by atoms with Gasteiger partial charge in [-0.2, -0.15) is 0 Å². The monoisotopic (exact) mass is 237 g/mol. The molecule has 0 spiro atoms. The predicted octanol–water partition coefficient (Wildman–Crippen LogP) is 1.80. The van der Waals surface area contributed by atoms with Crippen LogP contribution in [0.15, 0.2) is 10.6 Å². The molecule has 0 amide bonds. The molecule has 0 radical (unpaired) electrons.